The van der Waals surface area contributed by atoms with E-state index in [9.17, 15) is 4.79 Å². The van der Waals surface area contributed by atoms with Gasteiger partial charge in [0, 0.05) is 24.0 Å². The molecule has 2 rings (SSSR count). The molecule has 1 heterocycles. The molecule has 3 nitrogen and oxygen atoms in total. The third-order valence-electron chi connectivity index (χ3n) is 3.97. The van der Waals surface area contributed by atoms with Crippen molar-refractivity contribution in [3.8, 4) is 0 Å². The summed E-state index contributed by atoms with van der Waals surface area (Å²) in [5, 5.41) is 0. The Balaban J connectivity index is 1.88. The van der Waals surface area contributed by atoms with Crippen LogP contribution in [0.1, 0.15) is 25.3 Å². The van der Waals surface area contributed by atoms with Crippen LogP contribution in [0.3, 0.4) is 0 Å². The van der Waals surface area contributed by atoms with Crippen LogP contribution in [0, 0.1) is 5.41 Å². The molecule has 0 aliphatic carbocycles. The van der Waals surface area contributed by atoms with E-state index in [0.29, 0.717) is 13.0 Å². The molecule has 4 heteroatoms. The van der Waals surface area contributed by atoms with Crippen LogP contribution in [0.4, 0.5) is 0 Å². The van der Waals surface area contributed by atoms with Gasteiger partial charge in [-0.1, -0.05) is 41.1 Å². The number of amides is 1. The van der Waals surface area contributed by atoms with Crippen LogP contribution in [-0.2, 0) is 11.2 Å². The number of nitrogens with two attached hydrogens (primary N) is 1. The summed E-state index contributed by atoms with van der Waals surface area (Å²) in [5.41, 5.74) is 7.08. The van der Waals surface area contributed by atoms with Gasteiger partial charge in [0.1, 0.15) is 0 Å². The van der Waals surface area contributed by atoms with E-state index in [4.69, 9.17) is 5.73 Å². The second-order valence-corrected chi connectivity index (χ2v) is 6.53. The highest BCUT2D eigenvalue weighted by Gasteiger charge is 2.34. The van der Waals surface area contributed by atoms with Crippen molar-refractivity contribution in [2.24, 2.45) is 11.1 Å². The van der Waals surface area contributed by atoms with Crippen LogP contribution in [0.25, 0.3) is 0 Å². The molecule has 0 radical (unpaired) electrons. The van der Waals surface area contributed by atoms with Crippen LogP contribution < -0.4 is 5.73 Å². The maximum Gasteiger partial charge on any atom is 0.222 e. The van der Waals surface area contributed by atoms with Crippen molar-refractivity contribution in [1.29, 1.82) is 0 Å². The molecular formula is C15H21BrN2O. The predicted molar refractivity (Wildman–Crippen MR) is 80.8 cm³/mol. The Morgan fingerprint density at radius 1 is 1.47 bits per heavy atom. The Labute approximate surface area is 123 Å². The standard InChI is InChI=1S/C15H21BrN2O/c1-15(10-17)8-9-18(11-15)14(19)7-6-12-4-2-3-5-13(12)16/h2-5H,6-11,17H2,1H3. The zero-order chi connectivity index (χ0) is 13.9. The number of carbonyl (C=O) groups excluding carboxylic acids is 1. The van der Waals surface area contributed by atoms with Crippen molar-refractivity contribution in [2.75, 3.05) is 19.6 Å². The number of nitrogens with zero attached hydrogens (tertiary/aromatic N) is 1. The van der Waals surface area contributed by atoms with Gasteiger partial charge in [0.25, 0.3) is 0 Å². The van der Waals surface area contributed by atoms with Gasteiger partial charge in [-0.15, -0.1) is 0 Å². The first-order valence-electron chi connectivity index (χ1n) is 6.75. The molecule has 0 spiro atoms. The van der Waals surface area contributed by atoms with Gasteiger partial charge in [0.05, 0.1) is 0 Å². The quantitative estimate of drug-likeness (QED) is 0.925. The van der Waals surface area contributed by atoms with E-state index in [0.717, 1.165) is 30.4 Å². The van der Waals surface area contributed by atoms with Crippen molar-refractivity contribution in [1.82, 2.24) is 4.90 Å². The zero-order valence-electron chi connectivity index (χ0n) is 11.4. The fourth-order valence-corrected chi connectivity index (χ4v) is 2.99. The van der Waals surface area contributed by atoms with E-state index in [-0.39, 0.29) is 11.3 Å². The van der Waals surface area contributed by atoms with Crippen molar-refractivity contribution in [3.63, 3.8) is 0 Å². The lowest BCUT2D eigenvalue weighted by molar-refractivity contribution is -0.130. The van der Waals surface area contributed by atoms with Crippen LogP contribution >= 0.6 is 15.9 Å². The first-order valence-corrected chi connectivity index (χ1v) is 7.55. The minimum Gasteiger partial charge on any atom is -0.342 e. The summed E-state index contributed by atoms with van der Waals surface area (Å²) in [6.45, 7) is 4.47. The van der Waals surface area contributed by atoms with Crippen molar-refractivity contribution < 1.29 is 4.79 Å². The highest BCUT2D eigenvalue weighted by atomic mass is 79.9. The average molecular weight is 325 g/mol. The number of carbonyl (C=O) groups is 1. The molecule has 2 N–H and O–H groups in total. The fourth-order valence-electron chi connectivity index (χ4n) is 2.50. The van der Waals surface area contributed by atoms with Gasteiger partial charge in [0.15, 0.2) is 0 Å². The number of aryl methyl sites for hydroxylation is 1. The van der Waals surface area contributed by atoms with Crippen molar-refractivity contribution in [3.05, 3.63) is 34.3 Å². The van der Waals surface area contributed by atoms with E-state index in [1.54, 1.807) is 0 Å². The minimum absolute atomic E-state index is 0.114. The Kier molecular flexibility index (Phi) is 4.63. The van der Waals surface area contributed by atoms with Crippen molar-refractivity contribution >= 4 is 21.8 Å². The number of hydrogen-bond acceptors (Lipinski definition) is 2. The molecule has 0 aromatic heterocycles. The lowest BCUT2D eigenvalue weighted by Gasteiger charge is -2.22. The minimum atomic E-state index is 0.114. The van der Waals surface area contributed by atoms with Gasteiger partial charge in [-0.05, 0) is 36.4 Å². The molecule has 104 valence electrons. The van der Waals surface area contributed by atoms with Crippen LogP contribution in [0.2, 0.25) is 0 Å². The normalized spacial score (nSPS) is 22.8. The largest absolute Gasteiger partial charge is 0.342 e. The first-order chi connectivity index (χ1) is 9.04. The number of hydrogen-bond donors (Lipinski definition) is 1. The Morgan fingerprint density at radius 2 is 2.21 bits per heavy atom. The molecule has 1 atom stereocenters. The van der Waals surface area contributed by atoms with Gasteiger partial charge < -0.3 is 10.6 Å². The highest BCUT2D eigenvalue weighted by molar-refractivity contribution is 9.10. The second kappa shape index (κ2) is 6.06. The third-order valence-corrected chi connectivity index (χ3v) is 4.74. The molecule has 1 saturated heterocycles. The molecule has 1 fully saturated rings. The molecule has 1 amide bonds. The van der Waals surface area contributed by atoms with Crippen LogP contribution in [0.15, 0.2) is 28.7 Å². The molecule has 1 aliphatic heterocycles. The average Bonchev–Trinajstić information content (AvgIpc) is 2.81. The zero-order valence-corrected chi connectivity index (χ0v) is 12.9. The third kappa shape index (κ3) is 3.57. The van der Waals surface area contributed by atoms with E-state index < -0.39 is 0 Å². The predicted octanol–water partition coefficient (Wildman–Crippen LogP) is 2.58. The Hall–Kier alpha value is -0.870. The SMILES string of the molecule is CC1(CN)CCN(C(=O)CCc2ccccc2Br)C1. The number of benzene rings is 1. The van der Waals surface area contributed by atoms with Crippen LogP contribution in [-0.4, -0.2) is 30.4 Å². The van der Waals surface area contributed by atoms with E-state index >= 15 is 0 Å². The highest BCUT2D eigenvalue weighted by Crippen LogP contribution is 2.29. The van der Waals surface area contributed by atoms with Gasteiger partial charge >= 0.3 is 0 Å². The summed E-state index contributed by atoms with van der Waals surface area (Å²) in [6, 6.07) is 8.07. The van der Waals surface area contributed by atoms with E-state index in [2.05, 4.69) is 28.9 Å². The number of halogens is 1. The smallest absolute Gasteiger partial charge is 0.222 e. The Morgan fingerprint density at radius 3 is 2.84 bits per heavy atom. The molecule has 1 aromatic carbocycles. The van der Waals surface area contributed by atoms with Crippen molar-refractivity contribution in [2.45, 2.75) is 26.2 Å². The van der Waals surface area contributed by atoms with Gasteiger partial charge in [-0.2, -0.15) is 0 Å². The van der Waals surface area contributed by atoms with Crippen LogP contribution in [0.5, 0.6) is 0 Å². The molecular weight excluding hydrogens is 304 g/mol. The topological polar surface area (TPSA) is 46.3 Å². The molecule has 19 heavy (non-hydrogen) atoms. The maximum absolute atomic E-state index is 12.2. The maximum atomic E-state index is 12.2. The molecule has 0 saturated carbocycles. The summed E-state index contributed by atoms with van der Waals surface area (Å²) in [5.74, 6) is 0.243. The van der Waals surface area contributed by atoms with E-state index in [1.165, 1.54) is 5.56 Å². The lowest BCUT2D eigenvalue weighted by atomic mass is 9.90. The van der Waals surface area contributed by atoms with Gasteiger partial charge in [-0.3, -0.25) is 4.79 Å². The molecule has 1 aliphatic rings. The number of likely N-dealkylation sites (tertiary alicyclic amines) is 1. The van der Waals surface area contributed by atoms with E-state index in [1.807, 2.05) is 23.1 Å². The van der Waals surface area contributed by atoms with Gasteiger partial charge in [0.2, 0.25) is 5.91 Å². The molecule has 1 aromatic rings. The first kappa shape index (κ1) is 14.5. The summed E-state index contributed by atoms with van der Waals surface area (Å²) < 4.78 is 1.08. The summed E-state index contributed by atoms with van der Waals surface area (Å²) in [6.07, 6.45) is 2.38. The monoisotopic (exact) mass is 324 g/mol. The van der Waals surface area contributed by atoms with Gasteiger partial charge in [-0.25, -0.2) is 0 Å². The number of rotatable bonds is 4. The Bertz CT molecular complexity index is 463. The summed E-state index contributed by atoms with van der Waals surface area (Å²) >= 11 is 3.52. The molecule has 0 bridgehead atoms. The fraction of sp³-hybridized carbons (Fsp3) is 0.533. The molecule has 1 unspecified atom stereocenters. The lowest BCUT2D eigenvalue weighted by Crippen LogP contribution is -2.34. The summed E-state index contributed by atoms with van der Waals surface area (Å²) in [4.78, 5) is 14.2. The summed E-state index contributed by atoms with van der Waals surface area (Å²) in [7, 11) is 0. The second-order valence-electron chi connectivity index (χ2n) is 5.67.